The summed E-state index contributed by atoms with van der Waals surface area (Å²) in [5.74, 6) is -0.514. The maximum absolute atomic E-state index is 10.8. The standard InChI is InChI=1S/C8H11N3O3S/c9-6(12)5-14-4-3-11-2-1-7(13)10-8(11)15/h1-2H,3-5H2,(H2,9,12)(H,10,13,15). The van der Waals surface area contributed by atoms with Crippen molar-refractivity contribution < 1.29 is 9.53 Å². The van der Waals surface area contributed by atoms with Crippen molar-refractivity contribution in [3.63, 3.8) is 0 Å². The van der Waals surface area contributed by atoms with Gasteiger partial charge in [0.2, 0.25) is 5.91 Å². The number of ether oxygens (including phenoxy) is 1. The Morgan fingerprint density at radius 1 is 1.67 bits per heavy atom. The molecule has 82 valence electrons. The molecule has 0 unspecified atom stereocenters. The van der Waals surface area contributed by atoms with Gasteiger partial charge in [0.05, 0.1) is 6.61 Å². The summed E-state index contributed by atoms with van der Waals surface area (Å²) in [6.45, 7) is 0.656. The molecule has 3 N–H and O–H groups in total. The molecule has 0 atom stereocenters. The summed E-state index contributed by atoms with van der Waals surface area (Å²) in [6, 6.07) is 1.36. The van der Waals surface area contributed by atoms with Gasteiger partial charge in [0.1, 0.15) is 6.61 Å². The van der Waals surface area contributed by atoms with Gasteiger partial charge in [-0.15, -0.1) is 0 Å². The van der Waals surface area contributed by atoms with Crippen LogP contribution in [0.2, 0.25) is 0 Å². The molecule has 0 radical (unpaired) electrons. The molecule has 0 spiro atoms. The van der Waals surface area contributed by atoms with E-state index in [9.17, 15) is 9.59 Å². The van der Waals surface area contributed by atoms with Crippen molar-refractivity contribution in [1.29, 1.82) is 0 Å². The summed E-state index contributed by atoms with van der Waals surface area (Å²) in [5.41, 5.74) is 4.64. The van der Waals surface area contributed by atoms with Crippen LogP contribution in [-0.4, -0.2) is 28.7 Å². The first-order chi connectivity index (χ1) is 7.09. The molecule has 15 heavy (non-hydrogen) atoms. The smallest absolute Gasteiger partial charge is 0.251 e. The number of nitrogens with two attached hydrogens (primary N) is 1. The van der Waals surface area contributed by atoms with E-state index < -0.39 is 5.91 Å². The van der Waals surface area contributed by atoms with E-state index in [0.29, 0.717) is 17.9 Å². The van der Waals surface area contributed by atoms with E-state index in [1.54, 1.807) is 10.8 Å². The summed E-state index contributed by atoms with van der Waals surface area (Å²) in [5, 5.41) is 0. The molecular weight excluding hydrogens is 218 g/mol. The molecule has 1 heterocycles. The van der Waals surface area contributed by atoms with E-state index in [1.807, 2.05) is 0 Å². The minimum absolute atomic E-state index is 0.114. The molecule has 1 amide bonds. The molecule has 0 saturated carbocycles. The maximum Gasteiger partial charge on any atom is 0.251 e. The highest BCUT2D eigenvalue weighted by atomic mass is 32.1. The zero-order valence-electron chi connectivity index (χ0n) is 7.93. The highest BCUT2D eigenvalue weighted by Gasteiger charge is 1.96. The van der Waals surface area contributed by atoms with Crippen molar-refractivity contribution >= 4 is 18.1 Å². The van der Waals surface area contributed by atoms with Gasteiger partial charge < -0.3 is 15.0 Å². The second-order valence-corrected chi connectivity index (χ2v) is 3.21. The molecule has 1 rings (SSSR count). The first-order valence-corrected chi connectivity index (χ1v) is 4.66. The van der Waals surface area contributed by atoms with Crippen molar-refractivity contribution in [2.45, 2.75) is 6.54 Å². The number of rotatable bonds is 5. The van der Waals surface area contributed by atoms with Gasteiger partial charge in [0.15, 0.2) is 4.77 Å². The molecule has 0 aromatic carbocycles. The van der Waals surface area contributed by atoms with E-state index in [2.05, 4.69) is 4.98 Å². The number of primary amides is 1. The Bertz CT molecular complexity index is 451. The Balaban J connectivity index is 2.48. The topological polar surface area (TPSA) is 90.1 Å². The van der Waals surface area contributed by atoms with Crippen molar-refractivity contribution in [1.82, 2.24) is 9.55 Å². The fraction of sp³-hybridized carbons (Fsp3) is 0.375. The summed E-state index contributed by atoms with van der Waals surface area (Å²) in [4.78, 5) is 23.6. The maximum atomic E-state index is 10.8. The van der Waals surface area contributed by atoms with E-state index >= 15 is 0 Å². The lowest BCUT2D eigenvalue weighted by atomic mass is 10.6. The Labute approximate surface area is 90.7 Å². The van der Waals surface area contributed by atoms with Crippen LogP contribution in [0.1, 0.15) is 0 Å². The molecule has 0 saturated heterocycles. The number of nitrogens with zero attached hydrogens (tertiary/aromatic N) is 1. The van der Waals surface area contributed by atoms with Crippen molar-refractivity contribution in [2.24, 2.45) is 5.73 Å². The van der Waals surface area contributed by atoms with Gasteiger partial charge in [-0.3, -0.25) is 14.6 Å². The number of aromatic amines is 1. The third-order valence-electron chi connectivity index (χ3n) is 1.62. The van der Waals surface area contributed by atoms with E-state index in [4.69, 9.17) is 22.7 Å². The van der Waals surface area contributed by atoms with Crippen LogP contribution in [0, 0.1) is 4.77 Å². The number of carbonyl (C=O) groups is 1. The normalized spacial score (nSPS) is 10.1. The van der Waals surface area contributed by atoms with Gasteiger partial charge in [0, 0.05) is 18.8 Å². The Morgan fingerprint density at radius 2 is 2.40 bits per heavy atom. The predicted molar refractivity (Wildman–Crippen MR) is 55.9 cm³/mol. The third kappa shape index (κ3) is 4.05. The monoisotopic (exact) mass is 229 g/mol. The van der Waals surface area contributed by atoms with Crippen LogP contribution < -0.4 is 11.3 Å². The number of hydrogen-bond acceptors (Lipinski definition) is 4. The molecular formula is C8H11N3O3S. The Morgan fingerprint density at radius 3 is 3.00 bits per heavy atom. The lowest BCUT2D eigenvalue weighted by Crippen LogP contribution is -2.20. The fourth-order valence-electron chi connectivity index (χ4n) is 0.956. The molecule has 6 nitrogen and oxygen atoms in total. The molecule has 7 heteroatoms. The van der Waals surface area contributed by atoms with Crippen LogP contribution in [0.3, 0.4) is 0 Å². The van der Waals surface area contributed by atoms with Crippen LogP contribution in [-0.2, 0) is 16.1 Å². The van der Waals surface area contributed by atoms with Crippen molar-refractivity contribution in [3.8, 4) is 0 Å². The van der Waals surface area contributed by atoms with Gasteiger partial charge in [-0.2, -0.15) is 0 Å². The number of carbonyl (C=O) groups excluding carboxylic acids is 1. The van der Waals surface area contributed by atoms with Gasteiger partial charge in [-0.05, 0) is 12.2 Å². The van der Waals surface area contributed by atoms with Gasteiger partial charge in [-0.1, -0.05) is 0 Å². The number of H-pyrrole nitrogens is 1. The highest BCUT2D eigenvalue weighted by molar-refractivity contribution is 7.71. The molecule has 0 aliphatic rings. The molecule has 0 fully saturated rings. The summed E-state index contributed by atoms with van der Waals surface area (Å²) in [7, 11) is 0. The van der Waals surface area contributed by atoms with Gasteiger partial charge >= 0.3 is 0 Å². The molecule has 1 aromatic heterocycles. The summed E-state index contributed by atoms with van der Waals surface area (Å²) in [6.07, 6.45) is 1.56. The minimum Gasteiger partial charge on any atom is -0.370 e. The predicted octanol–water partition coefficient (Wildman–Crippen LogP) is -0.592. The van der Waals surface area contributed by atoms with Crippen LogP contribution in [0.5, 0.6) is 0 Å². The second-order valence-electron chi connectivity index (χ2n) is 2.82. The number of amides is 1. The molecule has 1 aromatic rings. The van der Waals surface area contributed by atoms with Crippen LogP contribution in [0.25, 0.3) is 0 Å². The number of hydrogen-bond donors (Lipinski definition) is 2. The number of nitrogens with one attached hydrogen (secondary N) is 1. The zero-order chi connectivity index (χ0) is 11.3. The van der Waals surface area contributed by atoms with E-state index in [0.717, 1.165) is 0 Å². The van der Waals surface area contributed by atoms with E-state index in [-0.39, 0.29) is 12.2 Å². The number of aromatic nitrogens is 2. The first kappa shape index (κ1) is 11.6. The van der Waals surface area contributed by atoms with Gasteiger partial charge in [0.25, 0.3) is 5.56 Å². The quantitative estimate of drug-likeness (QED) is 0.521. The average Bonchev–Trinajstić information content (AvgIpc) is 2.14. The first-order valence-electron chi connectivity index (χ1n) is 4.25. The van der Waals surface area contributed by atoms with Gasteiger partial charge in [-0.25, -0.2) is 0 Å². The second kappa shape index (κ2) is 5.42. The summed E-state index contributed by atoms with van der Waals surface area (Å²) < 4.78 is 6.91. The summed E-state index contributed by atoms with van der Waals surface area (Å²) >= 11 is 4.90. The van der Waals surface area contributed by atoms with Crippen LogP contribution in [0.4, 0.5) is 0 Å². The molecule has 0 bridgehead atoms. The third-order valence-corrected chi connectivity index (χ3v) is 1.95. The Kier molecular flexibility index (Phi) is 4.19. The lowest BCUT2D eigenvalue weighted by molar-refractivity contribution is -0.122. The zero-order valence-corrected chi connectivity index (χ0v) is 8.75. The van der Waals surface area contributed by atoms with E-state index in [1.165, 1.54) is 6.07 Å². The van der Waals surface area contributed by atoms with Crippen molar-refractivity contribution in [2.75, 3.05) is 13.2 Å². The average molecular weight is 229 g/mol. The lowest BCUT2D eigenvalue weighted by Gasteiger charge is -2.05. The SMILES string of the molecule is NC(=O)COCCn1ccc(=O)[nH]c1=S. The van der Waals surface area contributed by atoms with Crippen LogP contribution in [0.15, 0.2) is 17.1 Å². The van der Waals surface area contributed by atoms with Crippen molar-refractivity contribution in [3.05, 3.63) is 27.4 Å². The minimum atomic E-state index is -0.514. The fourth-order valence-corrected chi connectivity index (χ4v) is 1.21. The highest BCUT2D eigenvalue weighted by Crippen LogP contribution is 1.87. The molecule has 0 aliphatic heterocycles. The largest absolute Gasteiger partial charge is 0.370 e. The Hall–Kier alpha value is -1.47. The van der Waals surface area contributed by atoms with Crippen LogP contribution >= 0.6 is 12.2 Å². The molecule has 0 aliphatic carbocycles.